The third-order valence-corrected chi connectivity index (χ3v) is 5.36. The molecule has 3 heterocycles. The zero-order chi connectivity index (χ0) is 22.2. The Kier molecular flexibility index (Phi) is 8.21. The molecule has 168 valence electrons. The summed E-state index contributed by atoms with van der Waals surface area (Å²) in [7, 11) is 0. The van der Waals surface area contributed by atoms with Gasteiger partial charge in [0.05, 0.1) is 49.2 Å². The van der Waals surface area contributed by atoms with Crippen molar-refractivity contribution < 1.29 is 14.6 Å². The number of carbonyl (C=O) groups excluding carboxylic acids is 1. The highest BCUT2D eigenvalue weighted by Gasteiger charge is 2.21. The predicted molar refractivity (Wildman–Crippen MR) is 118 cm³/mol. The van der Waals surface area contributed by atoms with Crippen LogP contribution in [0.4, 0.5) is 11.5 Å². The SMILES string of the molecule is Cc1c(N[C@@H](CO)COCCC(=O)N2CCN(c3ccc(Cl)cn3)CC2)cn[nH]c1=O. The lowest BCUT2D eigenvalue weighted by Gasteiger charge is -2.35. The minimum atomic E-state index is -0.409. The van der Waals surface area contributed by atoms with E-state index in [1.807, 2.05) is 11.0 Å². The first-order valence-corrected chi connectivity index (χ1v) is 10.5. The first-order chi connectivity index (χ1) is 15.0. The molecule has 10 nitrogen and oxygen atoms in total. The van der Waals surface area contributed by atoms with E-state index in [-0.39, 0.29) is 37.7 Å². The van der Waals surface area contributed by atoms with Crippen molar-refractivity contribution in [3.63, 3.8) is 0 Å². The van der Waals surface area contributed by atoms with Crippen LogP contribution in [0.1, 0.15) is 12.0 Å². The number of amides is 1. The maximum Gasteiger partial charge on any atom is 0.269 e. The molecule has 1 saturated heterocycles. The van der Waals surface area contributed by atoms with E-state index >= 15 is 0 Å². The van der Waals surface area contributed by atoms with E-state index in [1.165, 1.54) is 6.20 Å². The van der Waals surface area contributed by atoms with Crippen LogP contribution < -0.4 is 15.8 Å². The van der Waals surface area contributed by atoms with E-state index in [1.54, 1.807) is 19.2 Å². The van der Waals surface area contributed by atoms with E-state index in [0.29, 0.717) is 42.5 Å². The number of carbonyl (C=O) groups is 1. The molecular formula is C20H27ClN6O4. The number of nitrogens with zero attached hydrogens (tertiary/aromatic N) is 4. The number of aromatic nitrogens is 3. The van der Waals surface area contributed by atoms with Crippen LogP contribution in [0, 0.1) is 6.92 Å². The van der Waals surface area contributed by atoms with Crippen molar-refractivity contribution >= 4 is 29.0 Å². The number of aromatic amines is 1. The number of rotatable bonds is 9. The number of H-pyrrole nitrogens is 1. The van der Waals surface area contributed by atoms with Crippen molar-refractivity contribution in [2.24, 2.45) is 0 Å². The normalized spacial score (nSPS) is 15.1. The molecule has 0 spiro atoms. The second kappa shape index (κ2) is 11.1. The number of pyridine rings is 1. The zero-order valence-corrected chi connectivity index (χ0v) is 18.1. The number of anilines is 2. The molecule has 0 bridgehead atoms. The fraction of sp³-hybridized carbons (Fsp3) is 0.500. The van der Waals surface area contributed by atoms with Gasteiger partial charge in [0.1, 0.15) is 5.82 Å². The molecule has 2 aromatic heterocycles. The molecule has 31 heavy (non-hydrogen) atoms. The Bertz CT molecular complexity index is 915. The van der Waals surface area contributed by atoms with Gasteiger partial charge in [0.25, 0.3) is 5.56 Å². The van der Waals surface area contributed by atoms with Crippen LogP contribution >= 0.6 is 11.6 Å². The summed E-state index contributed by atoms with van der Waals surface area (Å²) >= 11 is 5.88. The monoisotopic (exact) mass is 450 g/mol. The molecule has 0 saturated carbocycles. The highest BCUT2D eigenvalue weighted by molar-refractivity contribution is 6.30. The second-order valence-corrected chi connectivity index (χ2v) is 7.73. The number of hydrogen-bond acceptors (Lipinski definition) is 8. The average Bonchev–Trinajstić information content (AvgIpc) is 2.79. The van der Waals surface area contributed by atoms with Crippen molar-refractivity contribution in [1.29, 1.82) is 0 Å². The summed E-state index contributed by atoms with van der Waals surface area (Å²) in [5.41, 5.74) is 0.729. The third-order valence-electron chi connectivity index (χ3n) is 5.13. The van der Waals surface area contributed by atoms with Gasteiger partial charge in [-0.15, -0.1) is 0 Å². The van der Waals surface area contributed by atoms with Gasteiger partial charge in [-0.25, -0.2) is 10.1 Å². The number of ether oxygens (including phenoxy) is 1. The molecule has 3 N–H and O–H groups in total. The Labute approximate surface area is 185 Å². The van der Waals surface area contributed by atoms with Gasteiger partial charge in [0, 0.05) is 37.9 Å². The van der Waals surface area contributed by atoms with Crippen LogP contribution in [0.25, 0.3) is 0 Å². The molecule has 11 heteroatoms. The van der Waals surface area contributed by atoms with Gasteiger partial charge in [-0.05, 0) is 19.1 Å². The minimum Gasteiger partial charge on any atom is -0.394 e. The lowest BCUT2D eigenvalue weighted by atomic mass is 10.2. The predicted octanol–water partition coefficient (Wildman–Crippen LogP) is 0.655. The molecule has 3 rings (SSSR count). The smallest absolute Gasteiger partial charge is 0.269 e. The van der Waals surface area contributed by atoms with Crippen molar-refractivity contribution in [1.82, 2.24) is 20.1 Å². The first kappa shape index (κ1) is 23.0. The van der Waals surface area contributed by atoms with Gasteiger partial charge >= 0.3 is 0 Å². The molecule has 0 unspecified atom stereocenters. The van der Waals surface area contributed by atoms with Gasteiger partial charge in [-0.3, -0.25) is 9.59 Å². The summed E-state index contributed by atoms with van der Waals surface area (Å²) in [6.07, 6.45) is 3.37. The fourth-order valence-corrected chi connectivity index (χ4v) is 3.36. The Morgan fingerprint density at radius 1 is 1.32 bits per heavy atom. The van der Waals surface area contributed by atoms with Crippen LogP contribution in [0.2, 0.25) is 5.02 Å². The largest absolute Gasteiger partial charge is 0.394 e. The van der Waals surface area contributed by atoms with Crippen molar-refractivity contribution in [2.45, 2.75) is 19.4 Å². The van der Waals surface area contributed by atoms with Gasteiger partial charge in [-0.1, -0.05) is 11.6 Å². The molecule has 1 amide bonds. The summed E-state index contributed by atoms with van der Waals surface area (Å²) in [6, 6.07) is 3.27. The molecule has 1 aliphatic heterocycles. The average molecular weight is 451 g/mol. The van der Waals surface area contributed by atoms with Gasteiger partial charge in [0.15, 0.2) is 0 Å². The quantitative estimate of drug-likeness (QED) is 0.476. The molecule has 1 aliphatic rings. The molecular weight excluding hydrogens is 424 g/mol. The lowest BCUT2D eigenvalue weighted by Crippen LogP contribution is -2.49. The minimum absolute atomic E-state index is 0.0341. The summed E-state index contributed by atoms with van der Waals surface area (Å²) in [5, 5.41) is 19.3. The van der Waals surface area contributed by atoms with Gasteiger partial charge in [0.2, 0.25) is 5.91 Å². The number of aliphatic hydroxyl groups excluding tert-OH is 1. The summed E-state index contributed by atoms with van der Waals surface area (Å²) in [4.78, 5) is 32.3. The molecule has 0 aliphatic carbocycles. The topological polar surface area (TPSA) is 124 Å². The van der Waals surface area contributed by atoms with Crippen molar-refractivity contribution in [3.8, 4) is 0 Å². The molecule has 0 radical (unpaired) electrons. The first-order valence-electron chi connectivity index (χ1n) is 10.1. The number of piperazine rings is 1. The Balaban J connectivity index is 1.37. The number of hydrogen-bond donors (Lipinski definition) is 3. The summed E-state index contributed by atoms with van der Waals surface area (Å²) < 4.78 is 5.58. The van der Waals surface area contributed by atoms with Crippen molar-refractivity contribution in [2.75, 3.05) is 56.2 Å². The van der Waals surface area contributed by atoms with E-state index in [2.05, 4.69) is 25.4 Å². The highest BCUT2D eigenvalue weighted by Crippen LogP contribution is 2.16. The molecule has 0 aromatic carbocycles. The van der Waals surface area contributed by atoms with Crippen LogP contribution in [0.3, 0.4) is 0 Å². The molecule has 2 aromatic rings. The summed E-state index contributed by atoms with van der Waals surface area (Å²) in [6.45, 7) is 4.61. The molecule has 1 fully saturated rings. The van der Waals surface area contributed by atoms with E-state index in [0.717, 1.165) is 5.82 Å². The lowest BCUT2D eigenvalue weighted by molar-refractivity contribution is -0.132. The number of aliphatic hydroxyl groups is 1. The van der Waals surface area contributed by atoms with Crippen LogP contribution in [-0.2, 0) is 9.53 Å². The van der Waals surface area contributed by atoms with E-state index in [9.17, 15) is 14.7 Å². The maximum atomic E-state index is 12.5. The number of nitrogens with one attached hydrogen (secondary N) is 2. The zero-order valence-electron chi connectivity index (χ0n) is 17.4. The van der Waals surface area contributed by atoms with Gasteiger partial charge in [-0.2, -0.15) is 5.10 Å². The fourth-order valence-electron chi connectivity index (χ4n) is 3.25. The van der Waals surface area contributed by atoms with Gasteiger partial charge < -0.3 is 25.0 Å². The summed E-state index contributed by atoms with van der Waals surface area (Å²) in [5.74, 6) is 0.889. The van der Waals surface area contributed by atoms with Crippen LogP contribution in [0.15, 0.2) is 29.3 Å². The number of halogens is 1. The Hall–Kier alpha value is -2.69. The van der Waals surface area contributed by atoms with E-state index in [4.69, 9.17) is 16.3 Å². The second-order valence-electron chi connectivity index (χ2n) is 7.29. The standard InChI is InChI=1S/C20H27ClN6O4/c1-14-17(11-23-25-20(14)30)24-16(12-28)13-31-9-4-19(29)27-7-5-26(6-8-27)18-3-2-15(21)10-22-18/h2-3,10-11,16,28H,4-9,12-13H2,1H3,(H2,24,25,30)/t16-/m0/s1. The molecule has 1 atom stereocenters. The van der Waals surface area contributed by atoms with Crippen LogP contribution in [0.5, 0.6) is 0 Å². The Morgan fingerprint density at radius 2 is 2.10 bits per heavy atom. The van der Waals surface area contributed by atoms with Crippen molar-refractivity contribution in [3.05, 3.63) is 45.5 Å². The maximum absolute atomic E-state index is 12.5. The van der Waals surface area contributed by atoms with E-state index < -0.39 is 6.04 Å². The third kappa shape index (κ3) is 6.39. The highest BCUT2D eigenvalue weighted by atomic mass is 35.5. The Morgan fingerprint density at radius 3 is 2.77 bits per heavy atom. The van der Waals surface area contributed by atoms with Crippen LogP contribution in [-0.4, -0.2) is 83.1 Å².